The summed E-state index contributed by atoms with van der Waals surface area (Å²) in [6, 6.07) is 13.6. The van der Waals surface area contributed by atoms with Gasteiger partial charge in [0.05, 0.1) is 12.6 Å². The van der Waals surface area contributed by atoms with Gasteiger partial charge in [-0.25, -0.2) is 4.98 Å². The van der Waals surface area contributed by atoms with Gasteiger partial charge in [-0.3, -0.25) is 9.79 Å². The molecule has 1 aromatic heterocycles. The SMILES string of the molecule is CCOc1cc(CNC(=NC)NC2CC(=O)N(c3ccccc3)C2)ccn1. The largest absolute Gasteiger partial charge is 0.478 e. The molecule has 3 rings (SSSR count). The lowest BCUT2D eigenvalue weighted by Gasteiger charge is -2.19. The standard InChI is InChI=1S/C20H25N5O2/c1-3-27-18-11-15(9-10-22-18)13-23-20(21-2)24-16-12-19(26)25(14-16)17-7-5-4-6-8-17/h4-11,16H,3,12-14H2,1-2H3,(H2,21,23,24). The molecular weight excluding hydrogens is 342 g/mol. The monoisotopic (exact) mass is 367 g/mol. The fourth-order valence-electron chi connectivity index (χ4n) is 3.02. The number of benzene rings is 1. The number of hydrogen-bond donors (Lipinski definition) is 2. The number of pyridine rings is 1. The zero-order chi connectivity index (χ0) is 19.1. The number of guanidine groups is 1. The highest BCUT2D eigenvalue weighted by Crippen LogP contribution is 2.21. The highest BCUT2D eigenvalue weighted by atomic mass is 16.5. The molecule has 2 aromatic rings. The molecule has 27 heavy (non-hydrogen) atoms. The molecule has 1 aliphatic heterocycles. The topological polar surface area (TPSA) is 78.8 Å². The summed E-state index contributed by atoms with van der Waals surface area (Å²) in [4.78, 5) is 22.6. The van der Waals surface area contributed by atoms with E-state index in [0.717, 1.165) is 11.3 Å². The fraction of sp³-hybridized carbons (Fsp3) is 0.350. The van der Waals surface area contributed by atoms with Gasteiger partial charge in [0.25, 0.3) is 0 Å². The maximum atomic E-state index is 12.3. The molecule has 1 amide bonds. The van der Waals surface area contributed by atoms with Crippen LogP contribution in [0.25, 0.3) is 0 Å². The molecule has 0 aliphatic carbocycles. The van der Waals surface area contributed by atoms with Crippen LogP contribution >= 0.6 is 0 Å². The van der Waals surface area contributed by atoms with E-state index in [0.29, 0.717) is 38.0 Å². The first-order valence-corrected chi connectivity index (χ1v) is 9.10. The van der Waals surface area contributed by atoms with Crippen LogP contribution in [-0.2, 0) is 11.3 Å². The van der Waals surface area contributed by atoms with Gasteiger partial charge in [-0.1, -0.05) is 18.2 Å². The summed E-state index contributed by atoms with van der Waals surface area (Å²) in [7, 11) is 1.72. The number of aliphatic imine (C=N–C) groups is 1. The molecule has 7 nitrogen and oxygen atoms in total. The zero-order valence-corrected chi connectivity index (χ0v) is 15.7. The van der Waals surface area contributed by atoms with Crippen molar-refractivity contribution in [2.75, 3.05) is 25.1 Å². The number of carbonyl (C=O) groups excluding carboxylic acids is 1. The van der Waals surface area contributed by atoms with Gasteiger partial charge in [-0.15, -0.1) is 0 Å². The first-order valence-electron chi connectivity index (χ1n) is 9.10. The third-order valence-corrected chi connectivity index (χ3v) is 4.31. The van der Waals surface area contributed by atoms with Crippen molar-refractivity contribution in [1.29, 1.82) is 0 Å². The van der Waals surface area contributed by atoms with E-state index < -0.39 is 0 Å². The summed E-state index contributed by atoms with van der Waals surface area (Å²) in [5, 5.41) is 6.61. The van der Waals surface area contributed by atoms with E-state index in [1.54, 1.807) is 13.2 Å². The van der Waals surface area contributed by atoms with Crippen LogP contribution < -0.4 is 20.3 Å². The summed E-state index contributed by atoms with van der Waals surface area (Å²) < 4.78 is 5.43. The predicted molar refractivity (Wildman–Crippen MR) is 106 cm³/mol. The normalized spacial score (nSPS) is 17.1. The number of aromatic nitrogens is 1. The number of nitrogens with zero attached hydrogens (tertiary/aromatic N) is 3. The van der Waals surface area contributed by atoms with Crippen molar-refractivity contribution < 1.29 is 9.53 Å². The minimum atomic E-state index is 0.0142. The minimum absolute atomic E-state index is 0.0142. The lowest BCUT2D eigenvalue weighted by molar-refractivity contribution is -0.117. The van der Waals surface area contributed by atoms with Gasteiger partial charge in [0.1, 0.15) is 0 Å². The molecular formula is C20H25N5O2. The Labute approximate surface area is 159 Å². The molecule has 1 fully saturated rings. The van der Waals surface area contributed by atoms with Crippen molar-refractivity contribution in [2.45, 2.75) is 25.9 Å². The van der Waals surface area contributed by atoms with Crippen molar-refractivity contribution in [3.63, 3.8) is 0 Å². The van der Waals surface area contributed by atoms with Crippen LogP contribution in [0.2, 0.25) is 0 Å². The highest BCUT2D eigenvalue weighted by molar-refractivity contribution is 5.97. The van der Waals surface area contributed by atoms with Crippen LogP contribution in [0.1, 0.15) is 18.9 Å². The molecule has 1 saturated heterocycles. The van der Waals surface area contributed by atoms with E-state index in [1.807, 2.05) is 54.3 Å². The van der Waals surface area contributed by atoms with Gasteiger partial charge < -0.3 is 20.3 Å². The second-order valence-corrected chi connectivity index (χ2v) is 6.25. The molecule has 0 saturated carbocycles. The van der Waals surface area contributed by atoms with Gasteiger partial charge in [0, 0.05) is 44.5 Å². The molecule has 0 spiro atoms. The number of anilines is 1. The van der Waals surface area contributed by atoms with Crippen LogP contribution in [-0.4, -0.2) is 43.1 Å². The van der Waals surface area contributed by atoms with Gasteiger partial charge in [-0.05, 0) is 30.7 Å². The van der Waals surface area contributed by atoms with E-state index >= 15 is 0 Å². The van der Waals surface area contributed by atoms with E-state index in [1.165, 1.54) is 0 Å². The molecule has 142 valence electrons. The summed E-state index contributed by atoms with van der Waals surface area (Å²) in [5.74, 6) is 1.39. The Morgan fingerprint density at radius 1 is 1.33 bits per heavy atom. The van der Waals surface area contributed by atoms with E-state index in [4.69, 9.17) is 4.74 Å². The summed E-state index contributed by atoms with van der Waals surface area (Å²) in [6.07, 6.45) is 2.17. The van der Waals surface area contributed by atoms with Gasteiger partial charge in [0.15, 0.2) is 5.96 Å². The Morgan fingerprint density at radius 2 is 2.15 bits per heavy atom. The predicted octanol–water partition coefficient (Wildman–Crippen LogP) is 1.95. The van der Waals surface area contributed by atoms with Gasteiger partial charge in [-0.2, -0.15) is 0 Å². The van der Waals surface area contributed by atoms with E-state index in [-0.39, 0.29) is 11.9 Å². The Bertz CT molecular complexity index is 794. The lowest BCUT2D eigenvalue weighted by Crippen LogP contribution is -2.44. The van der Waals surface area contributed by atoms with Crippen molar-refractivity contribution >= 4 is 17.6 Å². The van der Waals surface area contributed by atoms with Crippen LogP contribution in [0.4, 0.5) is 5.69 Å². The number of para-hydroxylation sites is 1. The summed E-state index contributed by atoms with van der Waals surface area (Å²) in [6.45, 7) is 3.72. The molecule has 1 atom stereocenters. The maximum absolute atomic E-state index is 12.3. The summed E-state index contributed by atoms with van der Waals surface area (Å²) >= 11 is 0. The van der Waals surface area contributed by atoms with Crippen LogP contribution in [0.5, 0.6) is 5.88 Å². The second-order valence-electron chi connectivity index (χ2n) is 6.25. The molecule has 2 N–H and O–H groups in total. The Hall–Kier alpha value is -3.09. The Morgan fingerprint density at radius 3 is 2.89 bits per heavy atom. The van der Waals surface area contributed by atoms with Crippen molar-refractivity contribution in [3.8, 4) is 5.88 Å². The number of hydrogen-bond acceptors (Lipinski definition) is 4. The number of amides is 1. The van der Waals surface area contributed by atoms with Gasteiger partial charge >= 0.3 is 0 Å². The quantitative estimate of drug-likeness (QED) is 0.603. The van der Waals surface area contributed by atoms with E-state index in [2.05, 4.69) is 20.6 Å². The summed E-state index contributed by atoms with van der Waals surface area (Å²) in [5.41, 5.74) is 1.97. The third kappa shape index (κ3) is 4.97. The fourth-order valence-corrected chi connectivity index (χ4v) is 3.02. The van der Waals surface area contributed by atoms with Crippen LogP contribution in [0.15, 0.2) is 53.7 Å². The Balaban J connectivity index is 1.55. The Kier molecular flexibility index (Phi) is 6.25. The molecule has 1 aliphatic rings. The lowest BCUT2D eigenvalue weighted by atomic mass is 10.2. The number of nitrogens with one attached hydrogen (secondary N) is 2. The van der Waals surface area contributed by atoms with E-state index in [9.17, 15) is 4.79 Å². The first kappa shape index (κ1) is 18.7. The molecule has 7 heteroatoms. The molecule has 2 heterocycles. The minimum Gasteiger partial charge on any atom is -0.478 e. The third-order valence-electron chi connectivity index (χ3n) is 4.31. The average molecular weight is 367 g/mol. The molecule has 0 radical (unpaired) electrons. The van der Waals surface area contributed by atoms with Gasteiger partial charge in [0.2, 0.25) is 11.8 Å². The number of carbonyl (C=O) groups is 1. The maximum Gasteiger partial charge on any atom is 0.229 e. The zero-order valence-electron chi connectivity index (χ0n) is 15.7. The second kappa shape index (κ2) is 9.02. The number of rotatable bonds is 6. The first-order chi connectivity index (χ1) is 13.2. The average Bonchev–Trinajstić information content (AvgIpc) is 3.06. The van der Waals surface area contributed by atoms with Crippen LogP contribution in [0.3, 0.4) is 0 Å². The smallest absolute Gasteiger partial charge is 0.229 e. The molecule has 1 unspecified atom stereocenters. The number of ether oxygens (including phenoxy) is 1. The molecule has 1 aromatic carbocycles. The van der Waals surface area contributed by atoms with Crippen molar-refractivity contribution in [1.82, 2.24) is 15.6 Å². The highest BCUT2D eigenvalue weighted by Gasteiger charge is 2.30. The van der Waals surface area contributed by atoms with Crippen molar-refractivity contribution in [3.05, 3.63) is 54.2 Å². The van der Waals surface area contributed by atoms with Crippen LogP contribution in [0, 0.1) is 0 Å². The molecule has 0 bridgehead atoms. The van der Waals surface area contributed by atoms with Crippen molar-refractivity contribution in [2.24, 2.45) is 4.99 Å².